The van der Waals surface area contributed by atoms with Crippen molar-refractivity contribution in [1.82, 2.24) is 0 Å². The number of carbonyl (C=O) groups is 1. The molecule has 0 spiro atoms. The number of anilines is 2. The van der Waals surface area contributed by atoms with Crippen LogP contribution in [0.4, 0.5) is 11.4 Å². The van der Waals surface area contributed by atoms with Gasteiger partial charge in [-0.05, 0) is 47.2 Å². The van der Waals surface area contributed by atoms with Crippen molar-refractivity contribution >= 4 is 39.9 Å². The smallest absolute Gasteiger partial charge is 0.227 e. The molecule has 14 heavy (non-hydrogen) atoms. The van der Waals surface area contributed by atoms with Crippen LogP contribution in [0, 0.1) is 3.57 Å². The molecule has 0 saturated carbocycles. The van der Waals surface area contributed by atoms with Gasteiger partial charge in [0.05, 0.1) is 11.4 Å². The van der Waals surface area contributed by atoms with E-state index in [4.69, 9.17) is 5.73 Å². The normalized spacial score (nSPS) is 16.4. The monoisotopic (exact) mass is 302 g/mol. The third kappa shape index (κ3) is 1.70. The number of hydrogen-bond acceptors (Lipinski definition) is 2. The van der Waals surface area contributed by atoms with Crippen LogP contribution in [0.2, 0.25) is 0 Å². The van der Waals surface area contributed by atoms with E-state index in [1.807, 2.05) is 18.2 Å². The summed E-state index contributed by atoms with van der Waals surface area (Å²) >= 11 is 2.21. The summed E-state index contributed by atoms with van der Waals surface area (Å²) in [6, 6.07) is 5.78. The molecule has 1 saturated heterocycles. The highest BCUT2D eigenvalue weighted by molar-refractivity contribution is 14.1. The zero-order valence-electron chi connectivity index (χ0n) is 7.66. The van der Waals surface area contributed by atoms with E-state index in [0.29, 0.717) is 12.1 Å². The maximum atomic E-state index is 11.5. The van der Waals surface area contributed by atoms with Gasteiger partial charge in [0.1, 0.15) is 0 Å². The summed E-state index contributed by atoms with van der Waals surface area (Å²) in [5, 5.41) is 0. The first-order chi connectivity index (χ1) is 6.68. The van der Waals surface area contributed by atoms with Crippen LogP contribution in [-0.4, -0.2) is 12.5 Å². The van der Waals surface area contributed by atoms with Crippen LogP contribution in [0.5, 0.6) is 0 Å². The van der Waals surface area contributed by atoms with Crippen molar-refractivity contribution in [3.8, 4) is 0 Å². The number of benzene rings is 1. The predicted octanol–water partition coefficient (Wildman–Crippen LogP) is 2.00. The van der Waals surface area contributed by atoms with Crippen molar-refractivity contribution < 1.29 is 4.79 Å². The second-order valence-corrected chi connectivity index (χ2v) is 4.60. The van der Waals surface area contributed by atoms with E-state index >= 15 is 0 Å². The Kier molecular flexibility index (Phi) is 2.62. The summed E-state index contributed by atoms with van der Waals surface area (Å²) in [6.07, 6.45) is 1.58. The summed E-state index contributed by atoms with van der Waals surface area (Å²) < 4.78 is 1.09. The van der Waals surface area contributed by atoms with Gasteiger partial charge in [-0.2, -0.15) is 0 Å². The largest absolute Gasteiger partial charge is 0.397 e. The first-order valence-corrected chi connectivity index (χ1v) is 5.62. The van der Waals surface area contributed by atoms with Crippen LogP contribution in [0.3, 0.4) is 0 Å². The summed E-state index contributed by atoms with van der Waals surface area (Å²) in [5.41, 5.74) is 7.41. The highest BCUT2D eigenvalue weighted by atomic mass is 127. The van der Waals surface area contributed by atoms with Crippen molar-refractivity contribution in [3.63, 3.8) is 0 Å². The molecule has 74 valence electrons. The molecule has 2 N–H and O–H groups in total. The topological polar surface area (TPSA) is 46.3 Å². The Labute approximate surface area is 96.4 Å². The molecule has 1 fully saturated rings. The van der Waals surface area contributed by atoms with E-state index in [-0.39, 0.29) is 5.91 Å². The lowest BCUT2D eigenvalue weighted by atomic mass is 10.2. The molecule has 1 aliphatic heterocycles. The van der Waals surface area contributed by atoms with E-state index in [1.54, 1.807) is 4.90 Å². The minimum atomic E-state index is 0.179. The number of hydrogen-bond donors (Lipinski definition) is 1. The fraction of sp³-hybridized carbons (Fsp3) is 0.300. The van der Waals surface area contributed by atoms with Crippen molar-refractivity contribution in [2.45, 2.75) is 12.8 Å². The number of halogens is 1. The molecule has 1 heterocycles. The maximum absolute atomic E-state index is 11.5. The minimum Gasteiger partial charge on any atom is -0.397 e. The van der Waals surface area contributed by atoms with E-state index in [0.717, 1.165) is 22.2 Å². The molecule has 0 aromatic heterocycles. The summed E-state index contributed by atoms with van der Waals surface area (Å²) in [7, 11) is 0. The molecular weight excluding hydrogens is 291 g/mol. The minimum absolute atomic E-state index is 0.179. The average Bonchev–Trinajstić information content (AvgIpc) is 2.52. The van der Waals surface area contributed by atoms with Gasteiger partial charge in [-0.3, -0.25) is 4.79 Å². The van der Waals surface area contributed by atoms with Crippen LogP contribution in [0.1, 0.15) is 12.8 Å². The van der Waals surface area contributed by atoms with Crippen LogP contribution in [0.15, 0.2) is 18.2 Å². The molecule has 0 atom stereocenters. The molecule has 1 aromatic rings. The van der Waals surface area contributed by atoms with Crippen LogP contribution < -0.4 is 10.6 Å². The zero-order chi connectivity index (χ0) is 10.1. The summed E-state index contributed by atoms with van der Waals surface area (Å²) in [4.78, 5) is 13.2. The second-order valence-electron chi connectivity index (χ2n) is 3.35. The Morgan fingerprint density at radius 2 is 2.21 bits per heavy atom. The van der Waals surface area contributed by atoms with Gasteiger partial charge in [-0.25, -0.2) is 0 Å². The van der Waals surface area contributed by atoms with Crippen molar-refractivity contribution in [2.75, 3.05) is 17.2 Å². The van der Waals surface area contributed by atoms with Gasteiger partial charge < -0.3 is 10.6 Å². The SMILES string of the molecule is Nc1cc(I)ccc1N1CCCC1=O. The van der Waals surface area contributed by atoms with Gasteiger partial charge in [0, 0.05) is 16.5 Å². The number of amides is 1. The van der Waals surface area contributed by atoms with E-state index in [2.05, 4.69) is 22.6 Å². The van der Waals surface area contributed by atoms with Crippen molar-refractivity contribution in [2.24, 2.45) is 0 Å². The van der Waals surface area contributed by atoms with Gasteiger partial charge in [0.2, 0.25) is 5.91 Å². The molecule has 0 unspecified atom stereocenters. The number of nitrogen functional groups attached to an aromatic ring is 1. The molecule has 3 nitrogen and oxygen atoms in total. The molecule has 1 aliphatic rings. The predicted molar refractivity (Wildman–Crippen MR) is 65.2 cm³/mol. The fourth-order valence-corrected chi connectivity index (χ4v) is 2.19. The molecule has 1 amide bonds. The standard InChI is InChI=1S/C10H11IN2O/c11-7-3-4-9(8(12)6-7)13-5-1-2-10(13)14/h3-4,6H,1-2,5,12H2. The first kappa shape index (κ1) is 9.76. The van der Waals surface area contributed by atoms with E-state index in [1.165, 1.54) is 0 Å². The van der Waals surface area contributed by atoms with Gasteiger partial charge in [0.25, 0.3) is 0 Å². The lowest BCUT2D eigenvalue weighted by Crippen LogP contribution is -2.24. The Morgan fingerprint density at radius 1 is 1.43 bits per heavy atom. The highest BCUT2D eigenvalue weighted by Crippen LogP contribution is 2.28. The van der Waals surface area contributed by atoms with Gasteiger partial charge in [0.15, 0.2) is 0 Å². The summed E-state index contributed by atoms with van der Waals surface area (Å²) in [6.45, 7) is 0.795. The molecule has 1 aromatic carbocycles. The Hall–Kier alpha value is -0.780. The fourth-order valence-electron chi connectivity index (χ4n) is 1.67. The zero-order valence-corrected chi connectivity index (χ0v) is 9.82. The van der Waals surface area contributed by atoms with Crippen LogP contribution in [-0.2, 0) is 4.79 Å². The highest BCUT2D eigenvalue weighted by Gasteiger charge is 2.22. The number of carbonyl (C=O) groups excluding carboxylic acids is 1. The average molecular weight is 302 g/mol. The van der Waals surface area contributed by atoms with Crippen LogP contribution in [0.25, 0.3) is 0 Å². The molecular formula is C10H11IN2O. The number of nitrogens with two attached hydrogens (primary N) is 1. The molecule has 0 aliphatic carbocycles. The van der Waals surface area contributed by atoms with Crippen molar-refractivity contribution in [1.29, 1.82) is 0 Å². The van der Waals surface area contributed by atoms with Crippen molar-refractivity contribution in [3.05, 3.63) is 21.8 Å². The lowest BCUT2D eigenvalue weighted by Gasteiger charge is -2.17. The lowest BCUT2D eigenvalue weighted by molar-refractivity contribution is -0.117. The summed E-state index contributed by atoms with van der Waals surface area (Å²) in [5.74, 6) is 0.179. The molecule has 0 radical (unpaired) electrons. The Bertz CT molecular complexity index is 378. The second kappa shape index (κ2) is 3.76. The Morgan fingerprint density at radius 3 is 2.79 bits per heavy atom. The number of nitrogens with zero attached hydrogens (tertiary/aromatic N) is 1. The Balaban J connectivity index is 2.36. The van der Waals surface area contributed by atoms with Gasteiger partial charge in [-0.15, -0.1) is 0 Å². The molecule has 0 bridgehead atoms. The molecule has 2 rings (SSSR count). The quantitative estimate of drug-likeness (QED) is 0.637. The first-order valence-electron chi connectivity index (χ1n) is 4.54. The maximum Gasteiger partial charge on any atom is 0.227 e. The van der Waals surface area contributed by atoms with E-state index in [9.17, 15) is 4.79 Å². The van der Waals surface area contributed by atoms with E-state index < -0.39 is 0 Å². The van der Waals surface area contributed by atoms with Gasteiger partial charge >= 0.3 is 0 Å². The third-order valence-corrected chi connectivity index (χ3v) is 3.02. The van der Waals surface area contributed by atoms with Crippen LogP contribution >= 0.6 is 22.6 Å². The number of rotatable bonds is 1. The van der Waals surface area contributed by atoms with Gasteiger partial charge in [-0.1, -0.05) is 0 Å². The molecule has 4 heteroatoms. The third-order valence-electron chi connectivity index (χ3n) is 2.35.